The topological polar surface area (TPSA) is 30.5 Å². The van der Waals surface area contributed by atoms with Crippen molar-refractivity contribution in [1.29, 1.82) is 0 Å². The zero-order valence-electron chi connectivity index (χ0n) is 10.3. The van der Waals surface area contributed by atoms with E-state index in [1.807, 2.05) is 12.1 Å². The third-order valence-electron chi connectivity index (χ3n) is 3.63. The number of ether oxygens (including phenoxy) is 2. The minimum absolute atomic E-state index is 0.0707. The zero-order chi connectivity index (χ0) is 12.4. The van der Waals surface area contributed by atoms with Crippen LogP contribution in [0.2, 0.25) is 0 Å². The Morgan fingerprint density at radius 2 is 2.06 bits per heavy atom. The van der Waals surface area contributed by atoms with E-state index in [2.05, 4.69) is 5.32 Å². The van der Waals surface area contributed by atoms with Crippen molar-refractivity contribution in [3.63, 3.8) is 0 Å². The molecular weight excluding hydrogens is 233 g/mol. The number of fused-ring (bicyclic) bond motifs is 1. The van der Waals surface area contributed by atoms with Crippen molar-refractivity contribution in [2.45, 2.75) is 19.0 Å². The van der Waals surface area contributed by atoms with Crippen molar-refractivity contribution in [3.8, 4) is 11.5 Å². The van der Waals surface area contributed by atoms with Crippen LogP contribution in [-0.2, 0) is 0 Å². The number of piperidine rings is 1. The van der Waals surface area contributed by atoms with Gasteiger partial charge in [-0.3, -0.25) is 0 Å². The van der Waals surface area contributed by atoms with Crippen LogP contribution in [0.15, 0.2) is 18.2 Å². The molecule has 3 nitrogen and oxygen atoms in total. The molecular formula is C14H18FNO2. The first kappa shape index (κ1) is 11.8. The first-order chi connectivity index (χ1) is 8.84. The molecule has 0 bridgehead atoms. The van der Waals surface area contributed by atoms with Gasteiger partial charge >= 0.3 is 0 Å². The number of benzene rings is 1. The Hall–Kier alpha value is -1.29. The van der Waals surface area contributed by atoms with E-state index < -0.39 is 6.17 Å². The molecule has 2 aliphatic rings. The van der Waals surface area contributed by atoms with E-state index in [9.17, 15) is 4.39 Å². The van der Waals surface area contributed by atoms with Gasteiger partial charge in [-0.2, -0.15) is 0 Å². The van der Waals surface area contributed by atoms with Crippen molar-refractivity contribution >= 4 is 0 Å². The molecule has 0 aliphatic carbocycles. The average molecular weight is 251 g/mol. The van der Waals surface area contributed by atoms with Gasteiger partial charge in [0.05, 0.1) is 0 Å². The van der Waals surface area contributed by atoms with Crippen molar-refractivity contribution in [2.24, 2.45) is 5.92 Å². The standard InChI is InChI=1S/C14H18FNO2/c15-14(11-2-1-5-16-9-11)10-3-4-12-13(8-10)18-7-6-17-12/h3-4,8,11,14,16H,1-2,5-7,9H2. The predicted molar refractivity (Wildman–Crippen MR) is 66.9 cm³/mol. The van der Waals surface area contributed by atoms with Gasteiger partial charge < -0.3 is 14.8 Å². The van der Waals surface area contributed by atoms with Gasteiger partial charge in [0.2, 0.25) is 0 Å². The second-order valence-corrected chi connectivity index (χ2v) is 4.91. The van der Waals surface area contributed by atoms with Crippen LogP contribution >= 0.6 is 0 Å². The van der Waals surface area contributed by atoms with Crippen LogP contribution in [0.1, 0.15) is 24.6 Å². The summed E-state index contributed by atoms with van der Waals surface area (Å²) >= 11 is 0. The molecule has 1 aromatic carbocycles. The highest BCUT2D eigenvalue weighted by Crippen LogP contribution is 2.37. The SMILES string of the molecule is FC(c1ccc2c(c1)OCCO2)C1CCCNC1. The highest BCUT2D eigenvalue weighted by molar-refractivity contribution is 5.44. The average Bonchev–Trinajstić information content (AvgIpc) is 2.47. The summed E-state index contributed by atoms with van der Waals surface area (Å²) in [5.41, 5.74) is 0.702. The lowest BCUT2D eigenvalue weighted by Gasteiger charge is -2.27. The minimum atomic E-state index is -0.923. The molecule has 0 radical (unpaired) electrons. The molecule has 18 heavy (non-hydrogen) atoms. The van der Waals surface area contributed by atoms with Gasteiger partial charge in [0.15, 0.2) is 11.5 Å². The molecule has 0 saturated carbocycles. The Morgan fingerprint density at radius 1 is 1.22 bits per heavy atom. The van der Waals surface area contributed by atoms with Crippen LogP contribution in [0.25, 0.3) is 0 Å². The Labute approximate surface area is 106 Å². The summed E-state index contributed by atoms with van der Waals surface area (Å²) in [6, 6.07) is 5.41. The Balaban J connectivity index is 1.78. The normalized spacial score (nSPS) is 24.6. The van der Waals surface area contributed by atoms with Crippen molar-refractivity contribution in [3.05, 3.63) is 23.8 Å². The first-order valence-corrected chi connectivity index (χ1v) is 6.59. The van der Waals surface area contributed by atoms with Gasteiger partial charge in [-0.15, -0.1) is 0 Å². The molecule has 0 aromatic heterocycles. The van der Waals surface area contributed by atoms with Gasteiger partial charge in [-0.05, 0) is 37.1 Å². The number of rotatable bonds is 2. The molecule has 2 heterocycles. The summed E-state index contributed by atoms with van der Waals surface area (Å²) in [6.45, 7) is 2.87. The minimum Gasteiger partial charge on any atom is -0.486 e. The van der Waals surface area contributed by atoms with Crippen LogP contribution in [0, 0.1) is 5.92 Å². The van der Waals surface area contributed by atoms with Gasteiger partial charge in [-0.1, -0.05) is 6.07 Å². The molecule has 2 aliphatic heterocycles. The van der Waals surface area contributed by atoms with Gasteiger partial charge in [0.1, 0.15) is 19.4 Å². The number of nitrogens with one attached hydrogen (secondary N) is 1. The fourth-order valence-corrected chi connectivity index (χ4v) is 2.63. The molecule has 2 unspecified atom stereocenters. The van der Waals surface area contributed by atoms with Crippen LogP contribution in [-0.4, -0.2) is 26.3 Å². The van der Waals surface area contributed by atoms with Crippen LogP contribution in [0.4, 0.5) is 4.39 Å². The third kappa shape index (κ3) is 2.29. The summed E-state index contributed by atoms with van der Waals surface area (Å²) in [4.78, 5) is 0. The molecule has 2 atom stereocenters. The van der Waals surface area contributed by atoms with E-state index in [0.29, 0.717) is 24.5 Å². The highest BCUT2D eigenvalue weighted by atomic mass is 19.1. The molecule has 0 spiro atoms. The Morgan fingerprint density at radius 3 is 2.83 bits per heavy atom. The lowest BCUT2D eigenvalue weighted by molar-refractivity contribution is 0.168. The molecule has 1 fully saturated rings. The molecule has 3 rings (SSSR count). The zero-order valence-corrected chi connectivity index (χ0v) is 10.3. The maximum absolute atomic E-state index is 14.5. The highest BCUT2D eigenvalue weighted by Gasteiger charge is 2.26. The van der Waals surface area contributed by atoms with Crippen LogP contribution < -0.4 is 14.8 Å². The third-order valence-corrected chi connectivity index (χ3v) is 3.63. The van der Waals surface area contributed by atoms with Gasteiger partial charge in [-0.25, -0.2) is 4.39 Å². The lowest BCUT2D eigenvalue weighted by Crippen LogP contribution is -2.32. The van der Waals surface area contributed by atoms with Crippen molar-refractivity contribution in [1.82, 2.24) is 5.32 Å². The maximum atomic E-state index is 14.5. The molecule has 1 saturated heterocycles. The summed E-state index contributed by atoms with van der Waals surface area (Å²) in [6.07, 6.45) is 1.08. The summed E-state index contributed by atoms with van der Waals surface area (Å²) < 4.78 is 25.4. The van der Waals surface area contributed by atoms with E-state index in [4.69, 9.17) is 9.47 Å². The smallest absolute Gasteiger partial charge is 0.161 e. The summed E-state index contributed by atoms with van der Waals surface area (Å²) in [5, 5.41) is 3.25. The van der Waals surface area contributed by atoms with Crippen LogP contribution in [0.5, 0.6) is 11.5 Å². The second-order valence-electron chi connectivity index (χ2n) is 4.91. The number of alkyl halides is 1. The Bertz CT molecular complexity index is 418. The summed E-state index contributed by atoms with van der Waals surface area (Å²) in [5.74, 6) is 1.46. The number of halogens is 1. The Kier molecular flexibility index (Phi) is 3.37. The molecule has 0 amide bonds. The molecule has 4 heteroatoms. The molecule has 98 valence electrons. The molecule has 1 N–H and O–H groups in total. The number of hydrogen-bond donors (Lipinski definition) is 1. The first-order valence-electron chi connectivity index (χ1n) is 6.59. The fraction of sp³-hybridized carbons (Fsp3) is 0.571. The maximum Gasteiger partial charge on any atom is 0.161 e. The quantitative estimate of drug-likeness (QED) is 0.876. The largest absolute Gasteiger partial charge is 0.486 e. The van der Waals surface area contributed by atoms with E-state index in [0.717, 1.165) is 31.7 Å². The lowest BCUT2D eigenvalue weighted by atomic mass is 9.90. The van der Waals surface area contributed by atoms with Crippen molar-refractivity contribution in [2.75, 3.05) is 26.3 Å². The van der Waals surface area contributed by atoms with Crippen molar-refractivity contribution < 1.29 is 13.9 Å². The van der Waals surface area contributed by atoms with E-state index in [1.54, 1.807) is 6.07 Å². The van der Waals surface area contributed by atoms with E-state index in [1.165, 1.54) is 0 Å². The predicted octanol–water partition coefficient (Wildman–Crippen LogP) is 2.47. The number of hydrogen-bond acceptors (Lipinski definition) is 3. The van der Waals surface area contributed by atoms with Gasteiger partial charge in [0, 0.05) is 12.5 Å². The monoisotopic (exact) mass is 251 g/mol. The van der Waals surface area contributed by atoms with Gasteiger partial charge in [0.25, 0.3) is 0 Å². The van der Waals surface area contributed by atoms with Crippen LogP contribution in [0.3, 0.4) is 0 Å². The summed E-state index contributed by atoms with van der Waals surface area (Å²) in [7, 11) is 0. The van der Waals surface area contributed by atoms with E-state index >= 15 is 0 Å². The second kappa shape index (κ2) is 5.14. The molecule has 1 aromatic rings. The van der Waals surface area contributed by atoms with E-state index in [-0.39, 0.29) is 5.92 Å². The fourth-order valence-electron chi connectivity index (χ4n) is 2.63.